The van der Waals surface area contributed by atoms with Crippen molar-refractivity contribution in [1.82, 2.24) is 0 Å². The van der Waals surface area contributed by atoms with E-state index in [-0.39, 0.29) is 357 Å². The second-order valence-corrected chi connectivity index (χ2v) is 12.2. The summed E-state index contributed by atoms with van der Waals surface area (Å²) in [6.45, 7) is 24.8. The summed E-state index contributed by atoms with van der Waals surface area (Å²) in [4.78, 5) is 0. The molecule has 0 saturated carbocycles. The molecule has 4 aromatic heterocycles. The van der Waals surface area contributed by atoms with Gasteiger partial charge in [0, 0.05) is 370 Å². The maximum absolute atomic E-state index is 5.94. The number of hydrogen-bond acceptors (Lipinski definition) is 4. The molecule has 10 aromatic rings. The molecule has 4 nitrogen and oxygen atoms in total. The molecule has 4 heterocycles. The third-order valence-electron chi connectivity index (χ3n) is 7.75. The Morgan fingerprint density at radius 3 is 0.507 bits per heavy atom. The third kappa shape index (κ3) is 29.2. The maximum Gasteiger partial charge on any atom is 0.136 e. The largest absolute Gasteiger partial charge is 0.456 e. The fraction of sp³-hybridized carbons (Fsp3) is 0.273. The Balaban J connectivity index is -0.0000000636. The van der Waals surface area contributed by atoms with Gasteiger partial charge in [0.2, 0.25) is 0 Å². The van der Waals surface area contributed by atoms with Crippen LogP contribution < -0.4 is 0 Å². The molecule has 0 aliphatic rings. The van der Waals surface area contributed by atoms with Crippen molar-refractivity contribution in [3.8, 4) is 0 Å². The minimum atomic E-state index is 0. The van der Waals surface area contributed by atoms with Crippen LogP contribution in [-0.2, 0) is 327 Å². The molecular formula is C55H74O4Y10-4. The van der Waals surface area contributed by atoms with Gasteiger partial charge in [0.1, 0.15) is 44.7 Å². The van der Waals surface area contributed by atoms with Crippen LogP contribution in [0.15, 0.2) is 139 Å². The minimum absolute atomic E-state index is 0. The van der Waals surface area contributed by atoms with Gasteiger partial charge >= 0.3 is 0 Å². The van der Waals surface area contributed by atoms with Gasteiger partial charge in [-0.25, -0.2) is 0 Å². The van der Waals surface area contributed by atoms with Gasteiger partial charge in [-0.3, -0.25) is 0 Å². The zero-order valence-electron chi connectivity index (χ0n) is 45.1. The summed E-state index contributed by atoms with van der Waals surface area (Å²) in [5.74, 6) is 0. The monoisotopic (exact) mass is 1690 g/mol. The van der Waals surface area contributed by atoms with Gasteiger partial charge in [-0.05, 0) is 48.5 Å². The first-order chi connectivity index (χ1) is 27.0. The van der Waals surface area contributed by atoms with Gasteiger partial charge in [-0.1, -0.05) is 175 Å². The molecule has 0 aliphatic heterocycles. The topological polar surface area (TPSA) is 52.6 Å². The molecule has 0 fully saturated rings. The molecule has 0 aliphatic carbocycles. The molecule has 0 bridgehead atoms. The smallest absolute Gasteiger partial charge is 0.136 e. The molecule has 0 N–H and O–H groups in total. The van der Waals surface area contributed by atoms with E-state index in [9.17, 15) is 0 Å². The third-order valence-corrected chi connectivity index (χ3v) is 7.75. The fourth-order valence-electron chi connectivity index (χ4n) is 5.89. The summed E-state index contributed by atoms with van der Waals surface area (Å²) in [6, 6.07) is 40.7. The Labute approximate surface area is 671 Å². The van der Waals surface area contributed by atoms with Crippen LogP contribution in [0.25, 0.3) is 87.8 Å². The van der Waals surface area contributed by atoms with E-state index in [2.05, 4.69) is 90.1 Å². The normalized spacial score (nSPS) is 8.00. The quantitative estimate of drug-likeness (QED) is 0.142. The van der Waals surface area contributed by atoms with E-state index >= 15 is 0 Å². The summed E-state index contributed by atoms with van der Waals surface area (Å²) >= 11 is 0. The number of hydrogen-bond donors (Lipinski definition) is 0. The molecule has 0 spiro atoms. The van der Waals surface area contributed by atoms with Crippen LogP contribution in [0.1, 0.15) is 102 Å². The van der Waals surface area contributed by atoms with Gasteiger partial charge in [0.15, 0.2) is 0 Å². The van der Waals surface area contributed by atoms with Crippen LogP contribution >= 0.6 is 0 Å². The molecule has 10 rings (SSSR count). The Kier molecular flexibility index (Phi) is 89.2. The summed E-state index contributed by atoms with van der Waals surface area (Å²) in [5.41, 5.74) is 7.30. The maximum atomic E-state index is 5.94. The Hall–Kier alpha value is 5.56. The van der Waals surface area contributed by atoms with Crippen molar-refractivity contribution in [3.63, 3.8) is 0 Å². The minimum Gasteiger partial charge on any atom is -0.456 e. The summed E-state index contributed by atoms with van der Waals surface area (Å²) < 4.78 is 23.7. The number of furan rings is 4. The molecule has 69 heavy (non-hydrogen) atoms. The van der Waals surface area contributed by atoms with E-state index in [1.54, 1.807) is 0 Å². The van der Waals surface area contributed by atoms with E-state index in [4.69, 9.17) is 17.7 Å². The van der Waals surface area contributed by atoms with Crippen molar-refractivity contribution >= 4 is 87.8 Å². The van der Waals surface area contributed by atoms with Crippen molar-refractivity contribution in [3.05, 3.63) is 151 Å². The van der Waals surface area contributed by atoms with Crippen LogP contribution in [0.3, 0.4) is 0 Å². The molecule has 352 valence electrons. The second-order valence-electron chi connectivity index (χ2n) is 12.2. The first-order valence-electron chi connectivity index (χ1n) is 20.5. The molecule has 0 atom stereocenters. The molecule has 0 amide bonds. The van der Waals surface area contributed by atoms with Gasteiger partial charge in [-0.15, -0.1) is 0 Å². The van der Waals surface area contributed by atoms with Crippen molar-refractivity contribution in [2.24, 2.45) is 0 Å². The van der Waals surface area contributed by atoms with E-state index in [1.807, 2.05) is 114 Å². The van der Waals surface area contributed by atoms with Crippen molar-refractivity contribution in [2.75, 3.05) is 0 Å². The van der Waals surface area contributed by atoms with Crippen molar-refractivity contribution in [2.45, 2.75) is 102 Å². The molecule has 0 unspecified atom stereocenters. The Bertz CT molecular complexity index is 2280. The molecular weight excluding hydrogens is 1610 g/mol. The number of benzene rings is 6. The molecule has 10 radical (unpaired) electrons. The summed E-state index contributed by atoms with van der Waals surface area (Å²) in [5, 5.41) is 8.93. The van der Waals surface area contributed by atoms with Crippen LogP contribution in [0, 0.1) is 29.7 Å². The SMILES string of the molecule is CC.CC.CC.CCC.CCC.CCC.[CH3-].[CH3-].[CH3-].[CH3-].[Y].[Y].[Y].[Y].[Y].[Y].[Y].[Y].[Y].[Y].c1ccc2c(c1)oc1cc3c(cc12)oc1ccccc13.c1ccc2c(c1)oc1cc3c(cc12)oc1ccccc13. The molecule has 0 saturated heterocycles. The second kappa shape index (κ2) is 59.7. The Morgan fingerprint density at radius 1 is 0.232 bits per heavy atom. The van der Waals surface area contributed by atoms with Crippen molar-refractivity contribution < 1.29 is 345 Å². The molecule has 14 heteroatoms. The zero-order valence-corrected chi connectivity index (χ0v) is 73.5. The van der Waals surface area contributed by atoms with Gasteiger partial charge < -0.3 is 47.4 Å². The average Bonchev–Trinajstić information content (AvgIpc) is 3.99. The molecule has 6 aromatic carbocycles. The first-order valence-corrected chi connectivity index (χ1v) is 20.5. The van der Waals surface area contributed by atoms with Gasteiger partial charge in [0.05, 0.1) is 0 Å². The van der Waals surface area contributed by atoms with E-state index in [0.29, 0.717) is 0 Å². The van der Waals surface area contributed by atoms with Crippen LogP contribution in [-0.4, -0.2) is 0 Å². The number of fused-ring (bicyclic) bond motifs is 12. The van der Waals surface area contributed by atoms with Crippen LogP contribution in [0.4, 0.5) is 0 Å². The predicted octanol–water partition coefficient (Wildman–Crippen LogP) is 20.1. The Morgan fingerprint density at radius 2 is 0.362 bits per heavy atom. The number of para-hydroxylation sites is 4. The predicted molar refractivity (Wildman–Crippen MR) is 270 cm³/mol. The van der Waals surface area contributed by atoms with Crippen molar-refractivity contribution in [1.29, 1.82) is 0 Å². The van der Waals surface area contributed by atoms with E-state index < -0.39 is 0 Å². The fourth-order valence-corrected chi connectivity index (χ4v) is 5.89. The van der Waals surface area contributed by atoms with Crippen LogP contribution in [0.5, 0.6) is 0 Å². The van der Waals surface area contributed by atoms with E-state index in [1.165, 1.54) is 19.3 Å². The van der Waals surface area contributed by atoms with Crippen LogP contribution in [0.2, 0.25) is 0 Å². The summed E-state index contributed by atoms with van der Waals surface area (Å²) in [6.07, 6.45) is 3.75. The standard InChI is InChI=1S/2C18H10O2.3C3H8.3C2H6.4CH3.10Y/c2*1-3-7-15-11(5-1)13-9-18-14(10-17(13)19-15)12-6-2-4-8-16(12)20-18;3*1-3-2;3*1-2;;;;;;;;;;;;;;/h2*1-10H;3*3H2,1-2H3;3*1-2H3;4*1H3;;;;;;;;;;/q;;;;;;;;4*-1;;;;;;;;;;. The first kappa shape index (κ1) is 103. The zero-order chi connectivity index (χ0) is 40.3. The average molecular weight is 1690 g/mol. The van der Waals surface area contributed by atoms with Gasteiger partial charge in [-0.2, -0.15) is 0 Å². The number of rotatable bonds is 0. The summed E-state index contributed by atoms with van der Waals surface area (Å²) in [7, 11) is 0. The van der Waals surface area contributed by atoms with Gasteiger partial charge in [0.25, 0.3) is 0 Å². The van der Waals surface area contributed by atoms with E-state index in [0.717, 1.165) is 87.8 Å².